The minimum Gasteiger partial charge on any atom is -0.495 e. The predicted molar refractivity (Wildman–Crippen MR) is 105 cm³/mol. The van der Waals surface area contributed by atoms with Crippen LogP contribution >= 0.6 is 0 Å². The molecule has 162 valence electrons. The number of carbonyl (C=O) groups is 1. The second-order valence-electron chi connectivity index (χ2n) is 7.20. The average Bonchev–Trinajstić information content (AvgIpc) is 3.09. The van der Waals surface area contributed by atoms with Gasteiger partial charge in [0.05, 0.1) is 36.0 Å². The molecule has 2 atom stereocenters. The molecule has 2 fully saturated rings. The Kier molecular flexibility index (Phi) is 5.47. The van der Waals surface area contributed by atoms with E-state index in [4.69, 9.17) is 4.74 Å². The van der Waals surface area contributed by atoms with Crippen LogP contribution in [0.5, 0.6) is 5.75 Å². The number of sulfonamides is 2. The van der Waals surface area contributed by atoms with Gasteiger partial charge in [0, 0.05) is 13.1 Å². The number of hydrogen-bond acceptors (Lipinski definition) is 8. The number of sulfone groups is 1. The third-order valence-electron chi connectivity index (χ3n) is 5.12. The van der Waals surface area contributed by atoms with Crippen LogP contribution in [0.4, 0.5) is 5.69 Å². The van der Waals surface area contributed by atoms with Gasteiger partial charge < -0.3 is 4.74 Å². The Morgan fingerprint density at radius 3 is 2.31 bits per heavy atom. The van der Waals surface area contributed by atoms with Crippen molar-refractivity contribution in [2.45, 2.75) is 24.3 Å². The zero-order valence-electron chi connectivity index (χ0n) is 16.1. The van der Waals surface area contributed by atoms with E-state index in [2.05, 4.69) is 0 Å². The monoisotopic (exact) mass is 466 g/mol. The number of methoxy groups -OCH3 is 1. The molecule has 3 rings (SSSR count). The lowest BCUT2D eigenvalue weighted by atomic mass is 10.2. The third-order valence-corrected chi connectivity index (χ3v) is 10.7. The summed E-state index contributed by atoms with van der Waals surface area (Å²) in [6, 6.07) is 2.90. The summed E-state index contributed by atoms with van der Waals surface area (Å²) in [6.45, 7) is 1.48. The van der Waals surface area contributed by atoms with Crippen molar-refractivity contribution < 1.29 is 34.8 Å². The van der Waals surface area contributed by atoms with Crippen LogP contribution in [0, 0.1) is 5.92 Å². The lowest BCUT2D eigenvalue weighted by Crippen LogP contribution is -2.38. The molecule has 2 aliphatic rings. The molecule has 0 radical (unpaired) electrons. The second kappa shape index (κ2) is 7.22. The minimum atomic E-state index is -4.22. The van der Waals surface area contributed by atoms with E-state index in [1.165, 1.54) is 33.2 Å². The summed E-state index contributed by atoms with van der Waals surface area (Å²) in [6.07, 6.45) is 0.163. The van der Waals surface area contributed by atoms with Crippen LogP contribution < -0.4 is 9.04 Å². The molecule has 0 aliphatic carbocycles. The Labute approximate surface area is 170 Å². The molecule has 29 heavy (non-hydrogen) atoms. The zero-order valence-corrected chi connectivity index (χ0v) is 18.5. The quantitative estimate of drug-likeness (QED) is 0.583. The molecule has 2 saturated heterocycles. The summed E-state index contributed by atoms with van der Waals surface area (Å²) in [5, 5.41) is 0. The van der Waals surface area contributed by atoms with E-state index < -0.39 is 47.8 Å². The van der Waals surface area contributed by atoms with E-state index in [0.717, 1.165) is 10.4 Å². The highest BCUT2D eigenvalue weighted by molar-refractivity contribution is 7.94. The van der Waals surface area contributed by atoms with Crippen LogP contribution in [0.25, 0.3) is 0 Å². The minimum absolute atomic E-state index is 0.0430. The van der Waals surface area contributed by atoms with Gasteiger partial charge in [0.1, 0.15) is 10.6 Å². The van der Waals surface area contributed by atoms with Crippen molar-refractivity contribution in [1.82, 2.24) is 4.31 Å². The first-order valence-electron chi connectivity index (χ1n) is 8.73. The van der Waals surface area contributed by atoms with Crippen molar-refractivity contribution in [1.29, 1.82) is 0 Å². The third kappa shape index (κ3) is 3.88. The van der Waals surface area contributed by atoms with Gasteiger partial charge in [-0.1, -0.05) is 6.92 Å². The first-order chi connectivity index (χ1) is 13.3. The molecule has 1 aromatic carbocycles. The highest BCUT2D eigenvalue weighted by Gasteiger charge is 2.43. The van der Waals surface area contributed by atoms with Gasteiger partial charge in [-0.2, -0.15) is 4.31 Å². The Bertz CT molecular complexity index is 1160. The molecular weight excluding hydrogens is 444 g/mol. The molecule has 0 unspecified atom stereocenters. The van der Waals surface area contributed by atoms with Gasteiger partial charge in [0.15, 0.2) is 9.84 Å². The number of ether oxygens (including phenoxy) is 1. The maximum atomic E-state index is 13.2. The van der Waals surface area contributed by atoms with Gasteiger partial charge in [-0.05, 0) is 24.6 Å². The van der Waals surface area contributed by atoms with Crippen molar-refractivity contribution in [2.75, 3.05) is 35.7 Å². The summed E-state index contributed by atoms with van der Waals surface area (Å²) in [5.41, 5.74) is -0.105. The molecule has 13 heteroatoms. The molecule has 0 aromatic heterocycles. The topological polar surface area (TPSA) is 135 Å². The van der Waals surface area contributed by atoms with Crippen molar-refractivity contribution in [3.63, 3.8) is 0 Å². The highest BCUT2D eigenvalue weighted by atomic mass is 32.2. The van der Waals surface area contributed by atoms with E-state index in [1.807, 2.05) is 0 Å². The number of carbonyl (C=O) groups excluding carboxylic acids is 1. The van der Waals surface area contributed by atoms with Crippen molar-refractivity contribution in [3.8, 4) is 5.75 Å². The normalized spacial score (nSPS) is 26.2. The van der Waals surface area contributed by atoms with Gasteiger partial charge in [-0.3, -0.25) is 4.79 Å². The van der Waals surface area contributed by atoms with Crippen LogP contribution in [0.15, 0.2) is 23.1 Å². The summed E-state index contributed by atoms with van der Waals surface area (Å²) in [7, 11) is -8.93. The van der Waals surface area contributed by atoms with Crippen molar-refractivity contribution >= 4 is 41.5 Å². The van der Waals surface area contributed by atoms with Gasteiger partial charge >= 0.3 is 0 Å². The molecule has 0 bridgehead atoms. The summed E-state index contributed by atoms with van der Waals surface area (Å²) >= 11 is 0. The standard InChI is InChI=1S/C16H22N2O8S3/c1-11-9-28(22,23)18(16(11)19)12-4-5-14(26-3)15(8-12)29(24,25)17(2)13-6-7-27(20,21)10-13/h4-5,8,11,13H,6-7,9-10H2,1-3H3/t11-,13+/m1/s1. The number of amides is 1. The van der Waals surface area contributed by atoms with Crippen LogP contribution in [-0.4, -0.2) is 72.9 Å². The molecule has 2 aliphatic heterocycles. The maximum Gasteiger partial charge on any atom is 0.246 e. The van der Waals surface area contributed by atoms with Crippen LogP contribution in [0.2, 0.25) is 0 Å². The molecule has 0 spiro atoms. The fraction of sp³-hybridized carbons (Fsp3) is 0.562. The zero-order chi connectivity index (χ0) is 21.8. The number of hydrogen-bond donors (Lipinski definition) is 0. The molecule has 0 N–H and O–H groups in total. The number of benzene rings is 1. The van der Waals surface area contributed by atoms with Crippen LogP contribution in [0.3, 0.4) is 0 Å². The van der Waals surface area contributed by atoms with E-state index in [1.54, 1.807) is 0 Å². The van der Waals surface area contributed by atoms with E-state index in [9.17, 15) is 30.0 Å². The Hall–Kier alpha value is -1.70. The average molecular weight is 467 g/mol. The summed E-state index contributed by atoms with van der Waals surface area (Å²) in [5.74, 6) is -2.19. The number of rotatable bonds is 5. The van der Waals surface area contributed by atoms with E-state index >= 15 is 0 Å². The predicted octanol–water partition coefficient (Wildman–Crippen LogP) is -0.185. The summed E-state index contributed by atoms with van der Waals surface area (Å²) < 4.78 is 81.3. The summed E-state index contributed by atoms with van der Waals surface area (Å²) in [4.78, 5) is 12.0. The molecule has 10 nitrogen and oxygen atoms in total. The fourth-order valence-corrected chi connectivity index (χ4v) is 8.73. The number of anilines is 1. The van der Waals surface area contributed by atoms with E-state index in [0.29, 0.717) is 4.31 Å². The van der Waals surface area contributed by atoms with Gasteiger partial charge in [-0.15, -0.1) is 0 Å². The smallest absolute Gasteiger partial charge is 0.246 e. The maximum absolute atomic E-state index is 13.2. The number of nitrogens with zero attached hydrogens (tertiary/aromatic N) is 2. The Balaban J connectivity index is 2.07. The van der Waals surface area contributed by atoms with Gasteiger partial charge in [-0.25, -0.2) is 29.6 Å². The first kappa shape index (κ1) is 22.0. The Morgan fingerprint density at radius 2 is 1.83 bits per heavy atom. The largest absolute Gasteiger partial charge is 0.495 e. The van der Waals surface area contributed by atoms with Crippen LogP contribution in [0.1, 0.15) is 13.3 Å². The van der Waals surface area contributed by atoms with E-state index in [-0.39, 0.29) is 40.0 Å². The van der Waals surface area contributed by atoms with Crippen molar-refractivity contribution in [3.05, 3.63) is 18.2 Å². The first-order valence-corrected chi connectivity index (χ1v) is 13.6. The van der Waals surface area contributed by atoms with Crippen LogP contribution in [-0.2, 0) is 34.7 Å². The molecule has 1 amide bonds. The lowest BCUT2D eigenvalue weighted by Gasteiger charge is -2.25. The fourth-order valence-electron chi connectivity index (χ4n) is 3.49. The van der Waals surface area contributed by atoms with Crippen molar-refractivity contribution in [2.24, 2.45) is 5.92 Å². The Morgan fingerprint density at radius 1 is 1.17 bits per heavy atom. The molecule has 1 aromatic rings. The SMILES string of the molecule is COc1ccc(N2C(=O)[C@H](C)CS2(=O)=O)cc1S(=O)(=O)N(C)[C@H]1CCS(=O)(=O)C1. The second-order valence-corrected chi connectivity index (χ2v) is 13.3. The van der Waals surface area contributed by atoms with Gasteiger partial charge in [0.25, 0.3) is 0 Å². The van der Waals surface area contributed by atoms with Gasteiger partial charge in [0.2, 0.25) is 26.0 Å². The molecule has 0 saturated carbocycles. The molecular formula is C16H22N2O8S3. The highest BCUT2D eigenvalue weighted by Crippen LogP contribution is 2.36. The molecule has 2 heterocycles. The lowest BCUT2D eigenvalue weighted by molar-refractivity contribution is -0.119.